The van der Waals surface area contributed by atoms with Crippen molar-refractivity contribution in [1.29, 1.82) is 0 Å². The fraction of sp³-hybridized carbons (Fsp3) is 0.778. The molecule has 0 fully saturated rings. The van der Waals surface area contributed by atoms with E-state index in [1.54, 1.807) is 23.5 Å². The van der Waals surface area contributed by atoms with Gasteiger partial charge in [0, 0.05) is 12.3 Å². The molecule has 0 aliphatic rings. The highest BCUT2D eigenvalue weighted by Crippen LogP contribution is 2.00. The maximum atomic E-state index is 11.3. The van der Waals surface area contributed by atoms with Crippen LogP contribution in [0, 0.1) is 0 Å². The topological polar surface area (TPSA) is 78.4 Å². The maximum absolute atomic E-state index is 11.3. The molecule has 0 aliphatic carbocycles. The molecule has 5 nitrogen and oxygen atoms in total. The minimum absolute atomic E-state index is 0.414. The van der Waals surface area contributed by atoms with E-state index in [2.05, 4.69) is 10.6 Å². The van der Waals surface area contributed by atoms with Gasteiger partial charge in [0.1, 0.15) is 6.04 Å². The van der Waals surface area contributed by atoms with Crippen molar-refractivity contribution in [3.05, 3.63) is 0 Å². The molecule has 0 unspecified atom stereocenters. The van der Waals surface area contributed by atoms with Crippen LogP contribution in [0.1, 0.15) is 6.42 Å². The summed E-state index contributed by atoms with van der Waals surface area (Å²) in [6.45, 7) is 0.544. The van der Waals surface area contributed by atoms with Gasteiger partial charge in [-0.05, 0) is 24.7 Å². The van der Waals surface area contributed by atoms with Crippen LogP contribution in [0.5, 0.6) is 0 Å². The molecule has 0 aliphatic heterocycles. The summed E-state index contributed by atoms with van der Waals surface area (Å²) < 4.78 is 0. The summed E-state index contributed by atoms with van der Waals surface area (Å²) >= 11 is 3.18. The number of hydrogen-bond acceptors (Lipinski definition) is 4. The number of aliphatic carboxylic acids is 1. The number of urea groups is 1. The zero-order chi connectivity index (χ0) is 12.4. The fourth-order valence-electron chi connectivity index (χ4n) is 0.969. The van der Waals surface area contributed by atoms with Crippen molar-refractivity contribution in [2.75, 3.05) is 30.6 Å². The van der Waals surface area contributed by atoms with E-state index in [0.717, 1.165) is 5.75 Å². The zero-order valence-electron chi connectivity index (χ0n) is 9.49. The molecule has 0 spiro atoms. The number of carboxylic acid groups (broad SMARTS) is 1. The van der Waals surface area contributed by atoms with Crippen LogP contribution in [0.3, 0.4) is 0 Å². The van der Waals surface area contributed by atoms with Gasteiger partial charge in [-0.25, -0.2) is 9.59 Å². The van der Waals surface area contributed by atoms with E-state index in [0.29, 0.717) is 18.7 Å². The van der Waals surface area contributed by atoms with Gasteiger partial charge in [0.05, 0.1) is 0 Å². The molecule has 94 valence electrons. The number of thioether (sulfide) groups is 2. The number of carboxylic acids is 1. The second-order valence-corrected chi connectivity index (χ2v) is 5.04. The van der Waals surface area contributed by atoms with Crippen LogP contribution in [0.2, 0.25) is 0 Å². The van der Waals surface area contributed by atoms with Crippen LogP contribution < -0.4 is 10.6 Å². The lowest BCUT2D eigenvalue weighted by Gasteiger charge is -2.14. The first-order valence-corrected chi connectivity index (χ1v) is 7.65. The highest BCUT2D eigenvalue weighted by Gasteiger charge is 2.18. The minimum atomic E-state index is -0.992. The van der Waals surface area contributed by atoms with Gasteiger partial charge in [-0.3, -0.25) is 0 Å². The molecule has 7 heteroatoms. The number of carbonyl (C=O) groups is 2. The van der Waals surface area contributed by atoms with E-state index >= 15 is 0 Å². The molecule has 0 saturated heterocycles. The van der Waals surface area contributed by atoms with Gasteiger partial charge in [0.25, 0.3) is 0 Å². The maximum Gasteiger partial charge on any atom is 0.326 e. The zero-order valence-corrected chi connectivity index (χ0v) is 11.1. The molecule has 0 aromatic heterocycles. The predicted octanol–water partition coefficient (Wildman–Crippen LogP) is 0.855. The lowest BCUT2D eigenvalue weighted by Crippen LogP contribution is -2.46. The number of carbonyl (C=O) groups excluding carboxylic acids is 1. The van der Waals surface area contributed by atoms with Gasteiger partial charge in [0.2, 0.25) is 0 Å². The number of hydrogen-bond donors (Lipinski definition) is 3. The standard InChI is InChI=1S/C9H18N2O3S2/c1-15-5-3-7(8(12)13)11-9(14)10-4-6-16-2/h7H,3-6H2,1-2H3,(H,12,13)(H2,10,11,14)/t7-/m0/s1. The summed E-state index contributed by atoms with van der Waals surface area (Å²) in [4.78, 5) is 22.1. The van der Waals surface area contributed by atoms with E-state index in [1.165, 1.54) is 0 Å². The molecule has 0 radical (unpaired) electrons. The molecule has 1 atom stereocenters. The average molecular weight is 266 g/mol. The summed E-state index contributed by atoms with van der Waals surface area (Å²) in [5, 5.41) is 13.9. The summed E-state index contributed by atoms with van der Waals surface area (Å²) in [5.41, 5.74) is 0. The van der Waals surface area contributed by atoms with E-state index in [9.17, 15) is 9.59 Å². The second kappa shape index (κ2) is 9.65. The Hall–Kier alpha value is -0.560. The third kappa shape index (κ3) is 7.70. The lowest BCUT2D eigenvalue weighted by atomic mass is 10.2. The highest BCUT2D eigenvalue weighted by molar-refractivity contribution is 7.98. The Balaban J connectivity index is 3.88. The van der Waals surface area contributed by atoms with Gasteiger partial charge in [-0.15, -0.1) is 0 Å². The number of amides is 2. The van der Waals surface area contributed by atoms with Crippen LogP contribution in [0.25, 0.3) is 0 Å². The quantitative estimate of drug-likeness (QED) is 0.568. The summed E-state index contributed by atoms with van der Waals surface area (Å²) in [6, 6.07) is -1.22. The van der Waals surface area contributed by atoms with Crippen molar-refractivity contribution in [2.45, 2.75) is 12.5 Å². The molecule has 0 heterocycles. The lowest BCUT2D eigenvalue weighted by molar-refractivity contribution is -0.139. The van der Waals surface area contributed by atoms with Gasteiger partial charge in [-0.2, -0.15) is 23.5 Å². The molecule has 0 bridgehead atoms. The minimum Gasteiger partial charge on any atom is -0.480 e. The number of nitrogens with one attached hydrogen (secondary N) is 2. The highest BCUT2D eigenvalue weighted by atomic mass is 32.2. The SMILES string of the molecule is CSCCNC(=O)N[C@@H](CCSC)C(=O)O. The van der Waals surface area contributed by atoms with E-state index in [1.807, 2.05) is 12.5 Å². The van der Waals surface area contributed by atoms with Crippen LogP contribution in [0.4, 0.5) is 4.79 Å². The predicted molar refractivity (Wildman–Crippen MR) is 69.3 cm³/mol. The largest absolute Gasteiger partial charge is 0.480 e. The fourth-order valence-corrected chi connectivity index (χ4v) is 1.75. The first-order chi connectivity index (χ1) is 7.61. The molecule has 0 saturated carbocycles. The molecular formula is C9H18N2O3S2. The summed E-state index contributed by atoms with van der Waals surface area (Å²) in [5.74, 6) is 0.534. The Kier molecular flexibility index (Phi) is 9.31. The van der Waals surface area contributed by atoms with E-state index in [4.69, 9.17) is 5.11 Å². The molecule has 0 aromatic rings. The van der Waals surface area contributed by atoms with Gasteiger partial charge in [-0.1, -0.05) is 0 Å². The van der Waals surface area contributed by atoms with Crippen LogP contribution in [0.15, 0.2) is 0 Å². The van der Waals surface area contributed by atoms with Crippen LogP contribution >= 0.6 is 23.5 Å². The van der Waals surface area contributed by atoms with Crippen molar-refractivity contribution in [3.63, 3.8) is 0 Å². The Morgan fingerprint density at radius 3 is 2.38 bits per heavy atom. The second-order valence-electron chi connectivity index (χ2n) is 3.07. The van der Waals surface area contributed by atoms with Crippen molar-refractivity contribution in [3.8, 4) is 0 Å². The van der Waals surface area contributed by atoms with Gasteiger partial charge in [0.15, 0.2) is 0 Å². The van der Waals surface area contributed by atoms with Crippen molar-refractivity contribution < 1.29 is 14.7 Å². The van der Waals surface area contributed by atoms with E-state index < -0.39 is 18.0 Å². The Bertz CT molecular complexity index is 227. The molecule has 0 rings (SSSR count). The first-order valence-electron chi connectivity index (χ1n) is 4.86. The van der Waals surface area contributed by atoms with Crippen molar-refractivity contribution in [1.82, 2.24) is 10.6 Å². The smallest absolute Gasteiger partial charge is 0.326 e. The number of rotatable bonds is 8. The first kappa shape index (κ1) is 15.4. The molecule has 16 heavy (non-hydrogen) atoms. The van der Waals surface area contributed by atoms with Crippen molar-refractivity contribution >= 4 is 35.5 Å². The van der Waals surface area contributed by atoms with Crippen LogP contribution in [-0.4, -0.2) is 53.7 Å². The van der Waals surface area contributed by atoms with Gasteiger partial charge < -0.3 is 15.7 Å². The molecule has 0 aromatic carbocycles. The van der Waals surface area contributed by atoms with Crippen LogP contribution in [-0.2, 0) is 4.79 Å². The average Bonchev–Trinajstić information content (AvgIpc) is 2.24. The van der Waals surface area contributed by atoms with E-state index in [-0.39, 0.29) is 0 Å². The Morgan fingerprint density at radius 1 is 1.25 bits per heavy atom. The third-order valence-electron chi connectivity index (χ3n) is 1.81. The summed E-state index contributed by atoms with van der Waals surface area (Å²) in [7, 11) is 0. The molecular weight excluding hydrogens is 248 g/mol. The van der Waals surface area contributed by atoms with Gasteiger partial charge >= 0.3 is 12.0 Å². The Labute approximate surface area is 104 Å². The van der Waals surface area contributed by atoms with Crippen molar-refractivity contribution in [2.24, 2.45) is 0 Å². The normalized spacial score (nSPS) is 11.9. The third-order valence-corrected chi connectivity index (χ3v) is 3.06. The molecule has 3 N–H and O–H groups in total. The Morgan fingerprint density at radius 2 is 1.88 bits per heavy atom. The monoisotopic (exact) mass is 266 g/mol. The summed E-state index contributed by atoms with van der Waals surface area (Å²) in [6.07, 6.45) is 4.28. The molecule has 2 amide bonds.